The molecule has 0 unspecified atom stereocenters. The summed E-state index contributed by atoms with van der Waals surface area (Å²) in [7, 11) is 0. The zero-order chi connectivity index (χ0) is 16.7. The number of likely N-dealkylation sites (tertiary alicyclic amines) is 1. The highest BCUT2D eigenvalue weighted by molar-refractivity contribution is 7.13. The van der Waals surface area contributed by atoms with Crippen LogP contribution >= 0.6 is 11.3 Å². The van der Waals surface area contributed by atoms with E-state index in [1.165, 1.54) is 24.2 Å². The molecular weight excluding hydrogens is 324 g/mol. The van der Waals surface area contributed by atoms with Crippen LogP contribution in [0.4, 0.5) is 0 Å². The Morgan fingerprint density at radius 1 is 1.33 bits per heavy atom. The maximum atomic E-state index is 12.4. The lowest BCUT2D eigenvalue weighted by Gasteiger charge is -2.16. The number of nitrogens with zero attached hydrogens (tertiary/aromatic N) is 2. The highest BCUT2D eigenvalue weighted by Gasteiger charge is 2.19. The van der Waals surface area contributed by atoms with E-state index in [1.807, 2.05) is 18.4 Å². The topological polar surface area (TPSA) is 66.6 Å². The molecule has 24 heavy (non-hydrogen) atoms. The zero-order valence-corrected chi connectivity index (χ0v) is 14.2. The Morgan fingerprint density at radius 3 is 2.83 bits per heavy atom. The molecule has 0 aliphatic carbocycles. The first-order chi connectivity index (χ1) is 11.6. The number of phenols is 1. The molecule has 1 fully saturated rings. The number of fused-ring (bicyclic) bond motifs is 1. The van der Waals surface area contributed by atoms with Gasteiger partial charge in [-0.05, 0) is 51.1 Å². The van der Waals surface area contributed by atoms with Crippen LogP contribution in [-0.4, -0.2) is 28.1 Å². The smallest absolute Gasteiger partial charge is 0.346 e. The van der Waals surface area contributed by atoms with Gasteiger partial charge in [0.05, 0.1) is 11.1 Å². The minimum Gasteiger partial charge on any atom is -0.507 e. The van der Waals surface area contributed by atoms with E-state index in [2.05, 4.69) is 9.88 Å². The summed E-state index contributed by atoms with van der Waals surface area (Å²) in [5.41, 5.74) is 2.11. The van der Waals surface area contributed by atoms with Crippen LogP contribution in [-0.2, 0) is 6.54 Å². The fourth-order valence-corrected chi connectivity index (χ4v) is 3.98. The van der Waals surface area contributed by atoms with E-state index < -0.39 is 5.63 Å². The Balaban J connectivity index is 1.84. The van der Waals surface area contributed by atoms with Gasteiger partial charge in [-0.25, -0.2) is 9.78 Å². The third-order valence-electron chi connectivity index (χ3n) is 4.41. The lowest BCUT2D eigenvalue weighted by atomic mass is 10.1. The molecule has 124 valence electrons. The normalized spacial score (nSPS) is 15.4. The van der Waals surface area contributed by atoms with Gasteiger partial charge in [0.1, 0.15) is 16.3 Å². The Kier molecular flexibility index (Phi) is 3.86. The number of hydrogen-bond donors (Lipinski definition) is 1. The summed E-state index contributed by atoms with van der Waals surface area (Å²) < 4.78 is 5.60. The molecule has 1 aromatic carbocycles. The van der Waals surface area contributed by atoms with Crippen molar-refractivity contribution in [3.05, 3.63) is 45.3 Å². The van der Waals surface area contributed by atoms with Gasteiger partial charge in [0.25, 0.3) is 0 Å². The van der Waals surface area contributed by atoms with Crippen molar-refractivity contribution in [1.82, 2.24) is 9.88 Å². The van der Waals surface area contributed by atoms with Gasteiger partial charge in [0, 0.05) is 23.0 Å². The van der Waals surface area contributed by atoms with Crippen LogP contribution in [0.25, 0.3) is 21.5 Å². The molecule has 0 radical (unpaired) electrons. The molecule has 5 nitrogen and oxygen atoms in total. The molecule has 3 aromatic rings. The minimum atomic E-state index is -0.412. The molecular formula is C18H18N2O3S. The van der Waals surface area contributed by atoms with Crippen LogP contribution in [0, 0.1) is 6.92 Å². The predicted molar refractivity (Wildman–Crippen MR) is 94.5 cm³/mol. The minimum absolute atomic E-state index is 0.176. The summed E-state index contributed by atoms with van der Waals surface area (Å²) in [6.45, 7) is 4.52. The molecule has 0 saturated carbocycles. The largest absolute Gasteiger partial charge is 0.507 e. The highest BCUT2D eigenvalue weighted by atomic mass is 32.1. The van der Waals surface area contributed by atoms with E-state index in [4.69, 9.17) is 4.42 Å². The van der Waals surface area contributed by atoms with E-state index in [0.717, 1.165) is 24.2 Å². The number of aromatic nitrogens is 1. The summed E-state index contributed by atoms with van der Waals surface area (Å²) in [5.74, 6) is 0.176. The summed E-state index contributed by atoms with van der Waals surface area (Å²) in [4.78, 5) is 19.1. The van der Waals surface area contributed by atoms with Crippen molar-refractivity contribution < 1.29 is 9.52 Å². The molecule has 1 aliphatic rings. The van der Waals surface area contributed by atoms with Crippen LogP contribution in [0.1, 0.15) is 24.1 Å². The zero-order valence-electron chi connectivity index (χ0n) is 13.4. The third-order valence-corrected chi connectivity index (χ3v) is 5.40. The number of benzene rings is 1. The third kappa shape index (κ3) is 2.72. The maximum Gasteiger partial charge on any atom is 0.346 e. The molecule has 0 spiro atoms. The molecule has 3 heterocycles. The Labute approximate surface area is 143 Å². The fourth-order valence-electron chi connectivity index (χ4n) is 3.18. The Hall–Kier alpha value is -2.18. The van der Waals surface area contributed by atoms with Gasteiger partial charge >= 0.3 is 5.63 Å². The summed E-state index contributed by atoms with van der Waals surface area (Å²) in [6.07, 6.45) is 2.34. The van der Waals surface area contributed by atoms with Gasteiger partial charge < -0.3 is 9.52 Å². The number of aryl methyl sites for hydroxylation is 1. The Morgan fingerprint density at radius 2 is 2.12 bits per heavy atom. The van der Waals surface area contributed by atoms with E-state index >= 15 is 0 Å². The van der Waals surface area contributed by atoms with Gasteiger partial charge in [0.15, 0.2) is 0 Å². The number of phenolic OH excluding ortho intramolecular Hbond substituents is 1. The first kappa shape index (κ1) is 15.4. The summed E-state index contributed by atoms with van der Waals surface area (Å²) in [6, 6.07) is 5.27. The highest BCUT2D eigenvalue weighted by Crippen LogP contribution is 2.31. The molecule has 6 heteroatoms. The van der Waals surface area contributed by atoms with E-state index in [1.54, 1.807) is 12.1 Å². The second-order valence-electron chi connectivity index (χ2n) is 6.21. The second kappa shape index (κ2) is 6.03. The SMILES string of the molecule is Cc1csc(-c2cc3ccc(O)c(CN4CCCC4)c3oc2=O)n1. The average molecular weight is 342 g/mol. The van der Waals surface area contributed by atoms with Crippen LogP contribution in [0.15, 0.2) is 32.8 Å². The van der Waals surface area contributed by atoms with Gasteiger partial charge in [-0.3, -0.25) is 4.90 Å². The molecule has 1 N–H and O–H groups in total. The maximum absolute atomic E-state index is 12.4. The lowest BCUT2D eigenvalue weighted by Crippen LogP contribution is -2.19. The summed E-state index contributed by atoms with van der Waals surface area (Å²) in [5, 5.41) is 13.6. The van der Waals surface area contributed by atoms with Gasteiger partial charge in [0.2, 0.25) is 0 Å². The van der Waals surface area contributed by atoms with Crippen LogP contribution in [0.3, 0.4) is 0 Å². The van der Waals surface area contributed by atoms with Gasteiger partial charge in [-0.15, -0.1) is 11.3 Å². The van der Waals surface area contributed by atoms with Crippen molar-refractivity contribution in [3.63, 3.8) is 0 Å². The van der Waals surface area contributed by atoms with Crippen molar-refractivity contribution in [2.24, 2.45) is 0 Å². The molecule has 4 rings (SSSR count). The molecule has 1 aliphatic heterocycles. The van der Waals surface area contributed by atoms with Crippen LogP contribution < -0.4 is 5.63 Å². The lowest BCUT2D eigenvalue weighted by molar-refractivity contribution is 0.323. The standard InChI is InChI=1S/C18H18N2O3S/c1-11-10-24-17(19-11)13-8-12-4-5-15(21)14(16(12)23-18(13)22)9-20-6-2-3-7-20/h4-5,8,10,21H,2-3,6-7,9H2,1H3. The monoisotopic (exact) mass is 342 g/mol. The van der Waals surface area contributed by atoms with Crippen molar-refractivity contribution in [1.29, 1.82) is 0 Å². The molecule has 0 amide bonds. The number of hydrogen-bond acceptors (Lipinski definition) is 6. The molecule has 0 bridgehead atoms. The van der Waals surface area contributed by atoms with E-state index in [-0.39, 0.29) is 5.75 Å². The van der Waals surface area contributed by atoms with E-state index in [9.17, 15) is 9.90 Å². The van der Waals surface area contributed by atoms with Crippen molar-refractivity contribution in [3.8, 4) is 16.3 Å². The second-order valence-corrected chi connectivity index (χ2v) is 7.06. The summed E-state index contributed by atoms with van der Waals surface area (Å²) >= 11 is 1.43. The molecule has 2 aromatic heterocycles. The Bertz CT molecular complexity index is 955. The van der Waals surface area contributed by atoms with Crippen LogP contribution in [0.2, 0.25) is 0 Å². The van der Waals surface area contributed by atoms with Crippen molar-refractivity contribution >= 4 is 22.3 Å². The molecule has 1 saturated heterocycles. The number of thiazole rings is 1. The predicted octanol–water partition coefficient (Wildman–Crippen LogP) is 3.53. The van der Waals surface area contributed by atoms with E-state index in [0.29, 0.717) is 28.3 Å². The quantitative estimate of drug-likeness (QED) is 0.738. The van der Waals surface area contributed by atoms with Gasteiger partial charge in [-0.1, -0.05) is 0 Å². The van der Waals surface area contributed by atoms with Crippen molar-refractivity contribution in [2.45, 2.75) is 26.3 Å². The first-order valence-corrected chi connectivity index (χ1v) is 8.93. The van der Waals surface area contributed by atoms with Crippen molar-refractivity contribution in [2.75, 3.05) is 13.1 Å². The molecule has 0 atom stereocenters. The van der Waals surface area contributed by atoms with Gasteiger partial charge in [-0.2, -0.15) is 0 Å². The first-order valence-electron chi connectivity index (χ1n) is 8.05. The number of rotatable bonds is 3. The number of aromatic hydroxyl groups is 1. The van der Waals surface area contributed by atoms with Crippen LogP contribution in [0.5, 0.6) is 5.75 Å². The fraction of sp³-hybridized carbons (Fsp3) is 0.333. The average Bonchev–Trinajstić information content (AvgIpc) is 3.21.